The normalized spacial score (nSPS) is 11.2. The molecule has 0 aliphatic heterocycles. The van der Waals surface area contributed by atoms with Gasteiger partial charge >= 0.3 is 0 Å². The van der Waals surface area contributed by atoms with Crippen LogP contribution >= 0.6 is 0 Å². The zero-order valence-corrected chi connectivity index (χ0v) is 17.0. The second kappa shape index (κ2) is 7.63. The Morgan fingerprint density at radius 1 is 0.750 bits per heavy atom. The van der Waals surface area contributed by atoms with Gasteiger partial charge in [-0.1, -0.05) is 54.6 Å². The first-order valence-corrected chi connectivity index (χ1v) is 10.3. The number of aromatic nitrogens is 6. The minimum atomic E-state index is 0.294. The summed E-state index contributed by atoms with van der Waals surface area (Å²) in [6.45, 7) is 0.294. The topological polar surface area (TPSA) is 70.1 Å². The fourth-order valence-electron chi connectivity index (χ4n) is 3.66. The van der Waals surface area contributed by atoms with E-state index < -0.39 is 0 Å². The summed E-state index contributed by atoms with van der Waals surface area (Å²) in [6.07, 6.45) is 3.53. The van der Waals surface area contributed by atoms with Crippen molar-refractivity contribution in [1.82, 2.24) is 29.4 Å². The van der Waals surface area contributed by atoms with Crippen LogP contribution in [0.3, 0.4) is 0 Å². The maximum atomic E-state index is 5.89. The van der Waals surface area contributed by atoms with Crippen LogP contribution in [0.1, 0.15) is 0 Å². The lowest BCUT2D eigenvalue weighted by molar-refractivity contribution is 0.221. The molecule has 0 aliphatic carbocycles. The molecule has 0 N–H and O–H groups in total. The molecule has 154 valence electrons. The van der Waals surface area contributed by atoms with E-state index in [0.29, 0.717) is 18.2 Å². The van der Waals surface area contributed by atoms with E-state index in [-0.39, 0.29) is 0 Å². The van der Waals surface area contributed by atoms with Gasteiger partial charge in [0.15, 0.2) is 12.4 Å². The number of rotatable bonds is 5. The van der Waals surface area contributed by atoms with Crippen LogP contribution in [-0.4, -0.2) is 29.4 Å². The molecule has 0 radical (unpaired) electrons. The van der Waals surface area contributed by atoms with Gasteiger partial charge < -0.3 is 4.74 Å². The first-order valence-electron chi connectivity index (χ1n) is 10.3. The van der Waals surface area contributed by atoms with E-state index in [1.165, 1.54) is 5.56 Å². The Morgan fingerprint density at radius 3 is 2.41 bits per heavy atom. The number of hydrogen-bond donors (Lipinski definition) is 0. The predicted molar refractivity (Wildman–Crippen MR) is 122 cm³/mol. The summed E-state index contributed by atoms with van der Waals surface area (Å²) in [7, 11) is 0. The van der Waals surface area contributed by atoms with Crippen LogP contribution in [0, 0.1) is 0 Å². The van der Waals surface area contributed by atoms with Crippen LogP contribution < -0.4 is 4.74 Å². The molecule has 3 aromatic heterocycles. The van der Waals surface area contributed by atoms with Crippen molar-refractivity contribution in [1.29, 1.82) is 0 Å². The Labute approximate surface area is 183 Å². The summed E-state index contributed by atoms with van der Waals surface area (Å²) in [5.74, 6) is 1.33. The molecular weight excluding hydrogens is 400 g/mol. The fraction of sp³-hybridized carbons (Fsp3) is 0.0400. The quantitative estimate of drug-likeness (QED) is 0.400. The molecule has 3 aromatic carbocycles. The fourth-order valence-corrected chi connectivity index (χ4v) is 3.66. The van der Waals surface area contributed by atoms with Crippen molar-refractivity contribution in [2.75, 3.05) is 0 Å². The molecule has 7 heteroatoms. The molecule has 6 rings (SSSR count). The number of benzene rings is 3. The first kappa shape index (κ1) is 18.3. The van der Waals surface area contributed by atoms with E-state index in [1.54, 1.807) is 15.5 Å². The minimum Gasteiger partial charge on any atom is -0.471 e. The van der Waals surface area contributed by atoms with Crippen LogP contribution in [-0.2, 0) is 6.73 Å². The van der Waals surface area contributed by atoms with E-state index >= 15 is 0 Å². The molecule has 7 nitrogen and oxygen atoms in total. The van der Waals surface area contributed by atoms with Gasteiger partial charge in [0.25, 0.3) is 0 Å². The number of ether oxygens (including phenoxy) is 1. The summed E-state index contributed by atoms with van der Waals surface area (Å²) >= 11 is 0. The second-order valence-corrected chi connectivity index (χ2v) is 7.37. The number of fused-ring (bicyclic) bond motifs is 3. The maximum absolute atomic E-state index is 5.89. The molecule has 32 heavy (non-hydrogen) atoms. The molecular formula is C25H18N6O. The van der Waals surface area contributed by atoms with Gasteiger partial charge in [-0.05, 0) is 41.5 Å². The zero-order chi connectivity index (χ0) is 21.3. The second-order valence-electron chi connectivity index (χ2n) is 7.37. The lowest BCUT2D eigenvalue weighted by Gasteiger charge is -2.07. The molecule has 6 aromatic rings. The van der Waals surface area contributed by atoms with Gasteiger partial charge in [-0.25, -0.2) is 19.2 Å². The van der Waals surface area contributed by atoms with Crippen molar-refractivity contribution in [2.24, 2.45) is 0 Å². The van der Waals surface area contributed by atoms with Crippen LogP contribution in [0.5, 0.6) is 5.75 Å². The Kier molecular flexibility index (Phi) is 4.35. The Morgan fingerprint density at radius 2 is 1.53 bits per heavy atom. The largest absolute Gasteiger partial charge is 0.471 e. The van der Waals surface area contributed by atoms with Crippen LogP contribution in [0.15, 0.2) is 97.5 Å². The first-order chi connectivity index (χ1) is 15.8. The van der Waals surface area contributed by atoms with Crippen molar-refractivity contribution in [3.63, 3.8) is 0 Å². The van der Waals surface area contributed by atoms with Gasteiger partial charge in [-0.3, -0.25) is 0 Å². The smallest absolute Gasteiger partial charge is 0.202 e. The van der Waals surface area contributed by atoms with E-state index in [2.05, 4.69) is 44.4 Å². The van der Waals surface area contributed by atoms with E-state index in [4.69, 9.17) is 4.74 Å². The molecule has 0 aliphatic rings. The third kappa shape index (κ3) is 3.35. The highest BCUT2D eigenvalue weighted by molar-refractivity contribution is 5.91. The summed E-state index contributed by atoms with van der Waals surface area (Å²) < 4.78 is 9.30. The number of nitrogens with zero attached hydrogens (tertiary/aromatic N) is 6. The van der Waals surface area contributed by atoms with Gasteiger partial charge in [-0.2, -0.15) is 5.10 Å². The van der Waals surface area contributed by atoms with E-state index in [1.807, 2.05) is 66.9 Å². The highest BCUT2D eigenvalue weighted by Gasteiger charge is 2.12. The lowest BCUT2D eigenvalue weighted by Crippen LogP contribution is -2.05. The van der Waals surface area contributed by atoms with Gasteiger partial charge in [-0.15, -0.1) is 5.10 Å². The van der Waals surface area contributed by atoms with Gasteiger partial charge in [0.05, 0.1) is 5.52 Å². The monoisotopic (exact) mass is 418 g/mol. The summed E-state index contributed by atoms with van der Waals surface area (Å²) in [4.78, 5) is 9.10. The molecule has 0 amide bonds. The van der Waals surface area contributed by atoms with Gasteiger partial charge in [0.2, 0.25) is 5.82 Å². The van der Waals surface area contributed by atoms with Crippen molar-refractivity contribution in [3.05, 3.63) is 97.5 Å². The SMILES string of the molecule is c1ccc(-c2ccc(OCn3ccc(-c4nc5c6ccccc6ncn5n4)n3)cc2)cc1. The summed E-state index contributed by atoms with van der Waals surface area (Å²) in [5, 5.41) is 10.1. The van der Waals surface area contributed by atoms with Crippen LogP contribution in [0.4, 0.5) is 0 Å². The minimum absolute atomic E-state index is 0.294. The van der Waals surface area contributed by atoms with Crippen LogP contribution in [0.25, 0.3) is 39.2 Å². The molecule has 0 atom stereocenters. The number of hydrogen-bond acceptors (Lipinski definition) is 5. The third-order valence-electron chi connectivity index (χ3n) is 5.28. The summed E-state index contributed by atoms with van der Waals surface area (Å²) in [5.41, 5.74) is 4.66. The van der Waals surface area contributed by atoms with Crippen molar-refractivity contribution in [3.8, 4) is 28.4 Å². The van der Waals surface area contributed by atoms with Gasteiger partial charge in [0.1, 0.15) is 17.8 Å². The Bertz CT molecular complexity index is 1520. The maximum Gasteiger partial charge on any atom is 0.202 e. The average Bonchev–Trinajstić information content (AvgIpc) is 3.51. The molecule has 3 heterocycles. The standard InChI is InChI=1S/C25H18N6O/c1-2-6-18(7-3-1)19-10-12-20(13-11-19)32-17-30-15-14-23(28-30)24-27-25-21-8-4-5-9-22(21)26-16-31(25)29-24/h1-16H,17H2. The molecule has 0 saturated heterocycles. The van der Waals surface area contributed by atoms with E-state index in [0.717, 1.165) is 27.9 Å². The van der Waals surface area contributed by atoms with Crippen molar-refractivity contribution in [2.45, 2.75) is 6.73 Å². The molecule has 0 spiro atoms. The predicted octanol–water partition coefficient (Wildman–Crippen LogP) is 4.84. The molecule has 0 fully saturated rings. The van der Waals surface area contributed by atoms with E-state index in [9.17, 15) is 0 Å². The Hall–Kier alpha value is -4.52. The zero-order valence-electron chi connectivity index (χ0n) is 17.0. The Balaban J connectivity index is 1.19. The lowest BCUT2D eigenvalue weighted by atomic mass is 10.1. The molecule has 0 unspecified atom stereocenters. The van der Waals surface area contributed by atoms with Crippen molar-refractivity contribution >= 4 is 16.6 Å². The highest BCUT2D eigenvalue weighted by atomic mass is 16.5. The number of para-hydroxylation sites is 1. The molecule has 0 bridgehead atoms. The van der Waals surface area contributed by atoms with Gasteiger partial charge in [0, 0.05) is 11.6 Å². The highest BCUT2D eigenvalue weighted by Crippen LogP contribution is 2.23. The molecule has 0 saturated carbocycles. The summed E-state index contributed by atoms with van der Waals surface area (Å²) in [6, 6.07) is 28.1. The average molecular weight is 418 g/mol. The van der Waals surface area contributed by atoms with Crippen LogP contribution in [0.2, 0.25) is 0 Å². The third-order valence-corrected chi connectivity index (χ3v) is 5.28. The van der Waals surface area contributed by atoms with Crippen molar-refractivity contribution < 1.29 is 4.74 Å².